The zero-order valence-electron chi connectivity index (χ0n) is 15.4. The van der Waals surface area contributed by atoms with Crippen LogP contribution in [0.1, 0.15) is 50.6 Å². The molecule has 5 heteroatoms. The quantitative estimate of drug-likeness (QED) is 0.504. The van der Waals surface area contributed by atoms with Gasteiger partial charge in [-0.25, -0.2) is 8.78 Å². The second-order valence-corrected chi connectivity index (χ2v) is 6.70. The van der Waals surface area contributed by atoms with Gasteiger partial charge in [-0.3, -0.25) is 9.59 Å². The van der Waals surface area contributed by atoms with E-state index in [1.165, 1.54) is 48.5 Å². The minimum Gasteiger partial charge on any atom is -0.294 e. The second-order valence-electron chi connectivity index (χ2n) is 6.70. The number of rotatable bonds is 7. The van der Waals surface area contributed by atoms with Gasteiger partial charge in [-0.15, -0.1) is 0 Å². The van der Waals surface area contributed by atoms with E-state index in [1.54, 1.807) is 24.3 Å². The zero-order valence-corrected chi connectivity index (χ0v) is 15.4. The van der Waals surface area contributed by atoms with Crippen LogP contribution in [0, 0.1) is 23.0 Å². The molecule has 0 radical (unpaired) electrons. The van der Waals surface area contributed by atoms with Crippen LogP contribution in [0.15, 0.2) is 72.8 Å². The summed E-state index contributed by atoms with van der Waals surface area (Å²) < 4.78 is 26.3. The summed E-state index contributed by atoms with van der Waals surface area (Å²) in [5.41, 5.74) is 1.81. The van der Waals surface area contributed by atoms with Crippen LogP contribution in [0.25, 0.3) is 0 Å². The molecule has 0 aromatic heterocycles. The summed E-state index contributed by atoms with van der Waals surface area (Å²) in [6.45, 7) is 0. The van der Waals surface area contributed by atoms with E-state index in [-0.39, 0.29) is 24.4 Å². The van der Waals surface area contributed by atoms with Crippen LogP contribution in [0.3, 0.4) is 0 Å². The third-order valence-electron chi connectivity index (χ3n) is 4.68. The van der Waals surface area contributed by atoms with Crippen LogP contribution in [-0.4, -0.2) is 11.6 Å². The standard InChI is InChI=1S/C24H17F2NO2/c25-21-8-4-17(5-9-21)23(28)13-20(19-3-1-2-16(12-19)15-27)14-24(29)18-6-10-22(26)11-7-18/h1-12,20H,13-14H2. The van der Waals surface area contributed by atoms with Crippen LogP contribution in [0.5, 0.6) is 0 Å². The molecule has 29 heavy (non-hydrogen) atoms. The van der Waals surface area contributed by atoms with Crippen molar-refractivity contribution in [2.24, 2.45) is 0 Å². The Balaban J connectivity index is 1.87. The number of Topliss-reactive ketones (excluding diaryl/α,β-unsaturated/α-hetero) is 2. The van der Waals surface area contributed by atoms with Gasteiger partial charge in [0.1, 0.15) is 11.6 Å². The van der Waals surface area contributed by atoms with E-state index in [0.29, 0.717) is 22.3 Å². The molecule has 0 spiro atoms. The average Bonchev–Trinajstić information content (AvgIpc) is 2.74. The summed E-state index contributed by atoms with van der Waals surface area (Å²) in [6, 6.07) is 19.3. The number of carbonyl (C=O) groups is 2. The first-order valence-electron chi connectivity index (χ1n) is 9.04. The third kappa shape index (κ3) is 5.20. The maximum Gasteiger partial charge on any atom is 0.163 e. The average molecular weight is 389 g/mol. The van der Waals surface area contributed by atoms with Gasteiger partial charge in [0, 0.05) is 24.0 Å². The van der Waals surface area contributed by atoms with Gasteiger partial charge in [0.25, 0.3) is 0 Å². The lowest BCUT2D eigenvalue weighted by Crippen LogP contribution is -2.13. The van der Waals surface area contributed by atoms with Crippen molar-refractivity contribution in [3.8, 4) is 6.07 Å². The monoisotopic (exact) mass is 389 g/mol. The first-order chi connectivity index (χ1) is 14.0. The summed E-state index contributed by atoms with van der Waals surface area (Å²) in [5.74, 6) is -1.82. The zero-order chi connectivity index (χ0) is 20.8. The fourth-order valence-corrected chi connectivity index (χ4v) is 3.12. The van der Waals surface area contributed by atoms with Crippen molar-refractivity contribution in [2.75, 3.05) is 0 Å². The number of benzene rings is 3. The van der Waals surface area contributed by atoms with Gasteiger partial charge < -0.3 is 0 Å². The molecule has 0 fully saturated rings. The van der Waals surface area contributed by atoms with Gasteiger partial charge in [0.05, 0.1) is 11.6 Å². The molecule has 3 aromatic rings. The van der Waals surface area contributed by atoms with Crippen LogP contribution < -0.4 is 0 Å². The fraction of sp³-hybridized carbons (Fsp3) is 0.125. The highest BCUT2D eigenvalue weighted by Crippen LogP contribution is 2.28. The molecular formula is C24H17F2NO2. The largest absolute Gasteiger partial charge is 0.294 e. The van der Waals surface area contributed by atoms with Gasteiger partial charge in [-0.1, -0.05) is 12.1 Å². The lowest BCUT2D eigenvalue weighted by atomic mass is 9.85. The predicted molar refractivity (Wildman–Crippen MR) is 105 cm³/mol. The number of hydrogen-bond acceptors (Lipinski definition) is 3. The molecule has 0 bridgehead atoms. The number of ketones is 2. The fourth-order valence-electron chi connectivity index (χ4n) is 3.12. The number of hydrogen-bond donors (Lipinski definition) is 0. The Bertz CT molecular complexity index is 1010. The SMILES string of the molecule is N#Cc1cccc(C(CC(=O)c2ccc(F)cc2)CC(=O)c2ccc(F)cc2)c1. The Kier molecular flexibility index (Phi) is 6.25. The molecule has 144 valence electrons. The summed E-state index contributed by atoms with van der Waals surface area (Å²) in [4.78, 5) is 25.4. The summed E-state index contributed by atoms with van der Waals surface area (Å²) >= 11 is 0. The number of carbonyl (C=O) groups excluding carboxylic acids is 2. The van der Waals surface area contributed by atoms with E-state index < -0.39 is 17.6 Å². The Morgan fingerprint density at radius 2 is 1.28 bits per heavy atom. The molecule has 0 atom stereocenters. The van der Waals surface area contributed by atoms with E-state index >= 15 is 0 Å². The molecule has 0 amide bonds. The lowest BCUT2D eigenvalue weighted by Gasteiger charge is -2.17. The van der Waals surface area contributed by atoms with Gasteiger partial charge in [0.15, 0.2) is 11.6 Å². The van der Waals surface area contributed by atoms with Gasteiger partial charge in [-0.2, -0.15) is 5.26 Å². The maximum absolute atomic E-state index is 13.1. The molecule has 0 heterocycles. The number of nitriles is 1. The third-order valence-corrected chi connectivity index (χ3v) is 4.68. The first-order valence-corrected chi connectivity index (χ1v) is 9.04. The minimum atomic E-state index is -0.474. The smallest absolute Gasteiger partial charge is 0.163 e. The van der Waals surface area contributed by atoms with E-state index in [4.69, 9.17) is 5.26 Å². The highest BCUT2D eigenvalue weighted by atomic mass is 19.1. The Morgan fingerprint density at radius 3 is 1.72 bits per heavy atom. The molecule has 3 aromatic carbocycles. The highest BCUT2D eigenvalue weighted by molar-refractivity contribution is 5.99. The summed E-state index contributed by atoms with van der Waals surface area (Å²) in [7, 11) is 0. The maximum atomic E-state index is 13.1. The van der Waals surface area contributed by atoms with Crippen molar-refractivity contribution in [1.29, 1.82) is 5.26 Å². The summed E-state index contributed by atoms with van der Waals surface area (Å²) in [5, 5.41) is 9.16. The first kappa shape index (κ1) is 20.1. The molecular weight excluding hydrogens is 372 g/mol. The molecule has 0 saturated heterocycles. The molecule has 3 rings (SSSR count). The van der Waals surface area contributed by atoms with Crippen molar-refractivity contribution in [3.05, 3.63) is 107 Å². The van der Waals surface area contributed by atoms with E-state index in [0.717, 1.165) is 0 Å². The topological polar surface area (TPSA) is 57.9 Å². The highest BCUT2D eigenvalue weighted by Gasteiger charge is 2.22. The van der Waals surface area contributed by atoms with Crippen LogP contribution >= 0.6 is 0 Å². The Labute approximate surface area is 167 Å². The van der Waals surface area contributed by atoms with Crippen LogP contribution in [-0.2, 0) is 0 Å². The van der Waals surface area contributed by atoms with E-state index in [2.05, 4.69) is 6.07 Å². The molecule has 0 aliphatic heterocycles. The number of halogens is 2. The van der Waals surface area contributed by atoms with Crippen molar-refractivity contribution < 1.29 is 18.4 Å². The molecule has 0 N–H and O–H groups in total. The Morgan fingerprint density at radius 1 is 0.793 bits per heavy atom. The molecule has 0 saturated carbocycles. The van der Waals surface area contributed by atoms with Crippen LogP contribution in [0.2, 0.25) is 0 Å². The predicted octanol–water partition coefficient (Wildman–Crippen LogP) is 5.47. The van der Waals surface area contributed by atoms with Gasteiger partial charge in [-0.05, 0) is 72.1 Å². The molecule has 3 nitrogen and oxygen atoms in total. The van der Waals surface area contributed by atoms with E-state index in [9.17, 15) is 18.4 Å². The molecule has 0 aliphatic carbocycles. The minimum absolute atomic E-state index is 0.0213. The van der Waals surface area contributed by atoms with E-state index in [1.807, 2.05) is 0 Å². The molecule has 0 unspecified atom stereocenters. The van der Waals surface area contributed by atoms with Crippen molar-refractivity contribution in [1.82, 2.24) is 0 Å². The lowest BCUT2D eigenvalue weighted by molar-refractivity contribution is 0.0944. The van der Waals surface area contributed by atoms with Gasteiger partial charge >= 0.3 is 0 Å². The van der Waals surface area contributed by atoms with Gasteiger partial charge in [0.2, 0.25) is 0 Å². The van der Waals surface area contributed by atoms with Crippen LogP contribution in [0.4, 0.5) is 8.78 Å². The van der Waals surface area contributed by atoms with Crippen molar-refractivity contribution >= 4 is 11.6 Å². The van der Waals surface area contributed by atoms with Crippen molar-refractivity contribution in [3.63, 3.8) is 0 Å². The normalized spacial score (nSPS) is 10.6. The van der Waals surface area contributed by atoms with Crippen molar-refractivity contribution in [2.45, 2.75) is 18.8 Å². The second kappa shape index (κ2) is 9.03. The Hall–Kier alpha value is -3.65. The summed E-state index contributed by atoms with van der Waals surface area (Å²) in [6.07, 6.45) is 0.0426. The number of nitrogens with zero attached hydrogens (tertiary/aromatic N) is 1. The molecule has 0 aliphatic rings.